The first-order chi connectivity index (χ1) is 27.4. The predicted molar refractivity (Wildman–Crippen MR) is 252 cm³/mol. The van der Waals surface area contributed by atoms with Crippen LogP contribution in [0.25, 0.3) is 0 Å². The number of carbonyl (C=O) groups is 2. The highest BCUT2D eigenvalue weighted by Gasteiger charge is 2.41. The molecule has 0 bridgehead atoms. The van der Waals surface area contributed by atoms with E-state index in [-0.39, 0.29) is 40.5 Å². The van der Waals surface area contributed by atoms with Gasteiger partial charge in [-0.05, 0) is 124 Å². The molecule has 59 heavy (non-hydrogen) atoms. The molecular formula is C51H80O6Si2. The molecule has 2 unspecified atom stereocenters. The quantitative estimate of drug-likeness (QED) is 0.130. The van der Waals surface area contributed by atoms with Crippen molar-refractivity contribution in [1.29, 1.82) is 0 Å². The molecule has 1 aromatic rings. The average Bonchev–Trinajstić information content (AvgIpc) is 4.00. The highest BCUT2D eigenvalue weighted by Crippen LogP contribution is 2.45. The second-order valence-electron chi connectivity index (χ2n) is 20.6. The van der Waals surface area contributed by atoms with Gasteiger partial charge < -0.3 is 18.3 Å². The number of hydrogen-bond acceptors (Lipinski definition) is 6. The fraction of sp³-hybridized carbons (Fsp3) is 0.647. The molecule has 2 heterocycles. The number of benzene rings is 1. The molecule has 5 rings (SSSR count). The Hall–Kier alpha value is -2.97. The normalized spacial score (nSPS) is 29.7. The van der Waals surface area contributed by atoms with Crippen molar-refractivity contribution < 1.29 is 27.9 Å². The number of rotatable bonds is 4. The number of esters is 2. The minimum absolute atomic E-state index is 0.0667. The summed E-state index contributed by atoms with van der Waals surface area (Å²) < 4.78 is 24.6. The molecule has 2 saturated carbocycles. The van der Waals surface area contributed by atoms with Crippen LogP contribution in [0.2, 0.25) is 36.3 Å². The minimum atomic E-state index is -1.97. The number of allylic oxidation sites excluding steroid dienone is 6. The molecule has 0 aromatic heterocycles. The van der Waals surface area contributed by atoms with E-state index < -0.39 is 22.6 Å². The molecule has 0 N–H and O–H groups in total. The number of aryl methyl sites for hydroxylation is 2. The molecule has 8 heteroatoms. The first kappa shape index (κ1) is 50.4. The first-order valence-electron chi connectivity index (χ1n) is 22.4. The zero-order valence-electron chi connectivity index (χ0n) is 39.8. The van der Waals surface area contributed by atoms with Gasteiger partial charge in [-0.1, -0.05) is 134 Å². The van der Waals surface area contributed by atoms with Crippen LogP contribution in [0.15, 0.2) is 60.7 Å². The fourth-order valence-electron chi connectivity index (χ4n) is 7.11. The summed E-state index contributed by atoms with van der Waals surface area (Å²) in [5.41, 5.74) is 3.88. The fourth-order valence-corrected chi connectivity index (χ4v) is 9.65. The van der Waals surface area contributed by atoms with Crippen molar-refractivity contribution in [2.75, 3.05) is 0 Å². The van der Waals surface area contributed by atoms with Gasteiger partial charge in [0.1, 0.15) is 6.10 Å². The summed E-state index contributed by atoms with van der Waals surface area (Å²) in [7, 11) is -3.87. The molecular weight excluding hydrogens is 765 g/mol. The number of carbonyl (C=O) groups excluding carboxylic acids is 2. The Kier molecular flexibility index (Phi) is 18.5. The maximum atomic E-state index is 13.2. The molecule has 1 aromatic carbocycles. The summed E-state index contributed by atoms with van der Waals surface area (Å²) >= 11 is 0. The SMILES string of the molecule is CCC.C[C@@H]1C[C@H]2C[C@@H]2/C=C\C=C\C(O[Si](C)(C)C(C)(C)C)CC#CC(=O)O1.Cc1cc(C)c2c(c1)CC(O[Si](C)(C)C(C)(C)C)/C=C/C=C\[C@H]1C[C@@H]1C[C@@H](C)OC2=O. The van der Waals surface area contributed by atoms with Crippen LogP contribution in [0.5, 0.6) is 0 Å². The molecule has 0 amide bonds. The van der Waals surface area contributed by atoms with E-state index in [0.717, 1.165) is 35.1 Å². The van der Waals surface area contributed by atoms with Crippen LogP contribution in [-0.4, -0.2) is 53.0 Å². The average molecular weight is 845 g/mol. The van der Waals surface area contributed by atoms with Crippen molar-refractivity contribution in [3.05, 3.63) is 83.0 Å². The second kappa shape index (κ2) is 21.7. The summed E-state index contributed by atoms with van der Waals surface area (Å²) in [6, 6.07) is 4.20. The zero-order chi connectivity index (χ0) is 44.3. The highest BCUT2D eigenvalue weighted by atomic mass is 28.4. The second-order valence-corrected chi connectivity index (χ2v) is 30.1. The highest BCUT2D eigenvalue weighted by molar-refractivity contribution is 6.74. The van der Waals surface area contributed by atoms with E-state index >= 15 is 0 Å². The molecule has 8 atom stereocenters. The van der Waals surface area contributed by atoms with Crippen LogP contribution in [-0.2, 0) is 29.5 Å². The van der Waals surface area contributed by atoms with E-state index in [4.69, 9.17) is 18.3 Å². The van der Waals surface area contributed by atoms with E-state index in [9.17, 15) is 9.59 Å². The van der Waals surface area contributed by atoms with Gasteiger partial charge in [-0.15, -0.1) is 0 Å². The third kappa shape index (κ3) is 16.4. The van der Waals surface area contributed by atoms with Crippen LogP contribution in [0.1, 0.15) is 135 Å². The summed E-state index contributed by atoms with van der Waals surface area (Å²) in [5, 5.41) is 0.259. The lowest BCUT2D eigenvalue weighted by molar-refractivity contribution is -0.141. The van der Waals surface area contributed by atoms with Gasteiger partial charge in [0, 0.05) is 18.8 Å². The van der Waals surface area contributed by atoms with Gasteiger partial charge in [0.05, 0.1) is 23.9 Å². The summed E-state index contributed by atoms with van der Waals surface area (Å²) in [4.78, 5) is 25.1. The van der Waals surface area contributed by atoms with Gasteiger partial charge in [-0.2, -0.15) is 0 Å². The molecule has 4 aliphatic rings. The van der Waals surface area contributed by atoms with Crippen molar-refractivity contribution in [2.24, 2.45) is 23.7 Å². The van der Waals surface area contributed by atoms with Crippen molar-refractivity contribution in [1.82, 2.24) is 0 Å². The Balaban J connectivity index is 0.000000302. The van der Waals surface area contributed by atoms with Crippen molar-refractivity contribution in [3.8, 4) is 11.8 Å². The zero-order valence-corrected chi connectivity index (χ0v) is 41.8. The van der Waals surface area contributed by atoms with E-state index in [2.05, 4.69) is 161 Å². The minimum Gasteiger partial charge on any atom is -0.459 e. The van der Waals surface area contributed by atoms with Crippen LogP contribution in [0.3, 0.4) is 0 Å². The topological polar surface area (TPSA) is 71.1 Å². The third-order valence-corrected chi connectivity index (χ3v) is 21.6. The molecule has 0 spiro atoms. The van der Waals surface area contributed by atoms with Gasteiger partial charge in [0.15, 0.2) is 16.6 Å². The predicted octanol–water partition coefficient (Wildman–Crippen LogP) is 13.2. The number of fused-ring (bicyclic) bond motifs is 3. The van der Waals surface area contributed by atoms with Crippen LogP contribution >= 0.6 is 0 Å². The Bertz CT molecular complexity index is 1740. The molecule has 2 fully saturated rings. The monoisotopic (exact) mass is 845 g/mol. The Labute approximate surface area is 362 Å². The van der Waals surface area contributed by atoms with Crippen molar-refractivity contribution in [2.45, 2.75) is 189 Å². The maximum absolute atomic E-state index is 13.2. The Morgan fingerprint density at radius 1 is 0.695 bits per heavy atom. The first-order valence-corrected chi connectivity index (χ1v) is 28.2. The largest absolute Gasteiger partial charge is 0.459 e. The van der Waals surface area contributed by atoms with E-state index in [0.29, 0.717) is 36.5 Å². The molecule has 328 valence electrons. The van der Waals surface area contributed by atoms with Gasteiger partial charge >= 0.3 is 11.9 Å². The molecule has 0 radical (unpaired) electrons. The van der Waals surface area contributed by atoms with Gasteiger partial charge in [-0.3, -0.25) is 0 Å². The molecule has 0 saturated heterocycles. The van der Waals surface area contributed by atoms with E-state index in [1.54, 1.807) is 0 Å². The van der Waals surface area contributed by atoms with Crippen molar-refractivity contribution in [3.63, 3.8) is 0 Å². The third-order valence-electron chi connectivity index (χ3n) is 12.6. The maximum Gasteiger partial charge on any atom is 0.384 e. The smallest absolute Gasteiger partial charge is 0.384 e. The summed E-state index contributed by atoms with van der Waals surface area (Å²) in [6.07, 6.45) is 23.7. The number of hydrogen-bond donors (Lipinski definition) is 0. The van der Waals surface area contributed by atoms with Crippen LogP contribution in [0, 0.1) is 49.4 Å². The summed E-state index contributed by atoms with van der Waals surface area (Å²) in [6.45, 7) is 34.8. The Morgan fingerprint density at radius 2 is 1.15 bits per heavy atom. The van der Waals surface area contributed by atoms with Crippen LogP contribution in [0.4, 0.5) is 0 Å². The molecule has 2 aliphatic carbocycles. The standard InChI is InChI=1S/C27H40O3Si.C21H32O3Si.C3H8/c1-18-13-19(2)25-23(14-18)17-24(30-31(7,8)27(4,5)6)12-10-9-11-21-16-22(21)15-20(3)29-26(25)28;1-16-14-18-15-17(18)10-7-8-11-19(12-9-13-20(22)23-16)24-25(5,6)21(2,3)4;1-3-2/h9-14,20-22,24H,15-17H2,1-8H3;7-8,10-11,16-19H,12,14-15H2,1-6H3;3H2,1-2H3/b11-9-,12-10+;10-7-,11-8+;/t20-,21+,22+,24?;16-,17+,18+,19?;/m11./s1. The van der Waals surface area contributed by atoms with Crippen LogP contribution < -0.4 is 0 Å². The lowest BCUT2D eigenvalue weighted by Crippen LogP contribution is -2.44. The van der Waals surface area contributed by atoms with Crippen molar-refractivity contribution >= 4 is 28.6 Å². The van der Waals surface area contributed by atoms with Gasteiger partial charge in [-0.25, -0.2) is 9.59 Å². The van der Waals surface area contributed by atoms with Gasteiger partial charge in [0.25, 0.3) is 0 Å². The molecule has 6 nitrogen and oxygen atoms in total. The van der Waals surface area contributed by atoms with Gasteiger partial charge in [0.2, 0.25) is 0 Å². The lowest BCUT2D eigenvalue weighted by Gasteiger charge is -2.39. The molecule has 2 aliphatic heterocycles. The van der Waals surface area contributed by atoms with E-state index in [1.165, 1.54) is 19.3 Å². The lowest BCUT2D eigenvalue weighted by atomic mass is 9.94. The van der Waals surface area contributed by atoms with E-state index in [1.807, 2.05) is 20.8 Å². The summed E-state index contributed by atoms with van der Waals surface area (Å²) in [5.74, 6) is 7.42. The Morgan fingerprint density at radius 3 is 1.66 bits per heavy atom. The number of ether oxygens (including phenoxy) is 2. The number of cyclic esters (lactones) is 2.